The topological polar surface area (TPSA) is 58.6 Å². The highest BCUT2D eigenvalue weighted by Crippen LogP contribution is 2.24. The van der Waals surface area contributed by atoms with Gasteiger partial charge in [-0.05, 0) is 53.9 Å². The minimum atomic E-state index is -0.789. The molecule has 36 heavy (non-hydrogen) atoms. The summed E-state index contributed by atoms with van der Waals surface area (Å²) in [5, 5.41) is 3.72. The van der Waals surface area contributed by atoms with Crippen LogP contribution in [0.4, 0.5) is 4.39 Å². The first-order chi connectivity index (χ1) is 17.4. The summed E-state index contributed by atoms with van der Waals surface area (Å²) in [4.78, 5) is 28.3. The molecule has 3 rings (SSSR count). The van der Waals surface area contributed by atoms with Gasteiger partial charge in [0, 0.05) is 19.5 Å². The molecule has 0 aromatic heterocycles. The van der Waals surface area contributed by atoms with Crippen molar-refractivity contribution in [1.29, 1.82) is 0 Å². The fourth-order valence-corrected chi connectivity index (χ4v) is 3.97. The number of unbranched alkanes of at least 4 members (excludes halogenated alkanes) is 1. The lowest BCUT2D eigenvalue weighted by atomic mass is 10.0. The van der Waals surface area contributed by atoms with Gasteiger partial charge in [0.1, 0.15) is 17.6 Å². The zero-order chi connectivity index (χ0) is 25.9. The predicted octanol–water partition coefficient (Wildman–Crippen LogP) is 6.07. The van der Waals surface area contributed by atoms with Crippen LogP contribution < -0.4 is 10.1 Å². The van der Waals surface area contributed by atoms with E-state index in [0.29, 0.717) is 28.8 Å². The van der Waals surface area contributed by atoms with Gasteiger partial charge >= 0.3 is 0 Å². The predicted molar refractivity (Wildman–Crippen MR) is 141 cm³/mol. The van der Waals surface area contributed by atoms with E-state index in [-0.39, 0.29) is 19.1 Å². The number of hydrogen-bond donors (Lipinski definition) is 1. The van der Waals surface area contributed by atoms with E-state index in [1.165, 1.54) is 29.2 Å². The Morgan fingerprint density at radius 3 is 2.36 bits per heavy atom. The number of carbonyl (C=O) groups is 2. The third kappa shape index (κ3) is 8.25. The normalized spacial score (nSPS) is 11.6. The van der Waals surface area contributed by atoms with Crippen molar-refractivity contribution in [1.82, 2.24) is 10.2 Å². The van der Waals surface area contributed by atoms with Crippen LogP contribution in [0.2, 0.25) is 10.0 Å². The number of carbonyl (C=O) groups excluding carboxylic acids is 2. The molecule has 0 unspecified atom stereocenters. The number of amides is 2. The number of rotatable bonds is 12. The molecule has 0 fully saturated rings. The Labute approximate surface area is 221 Å². The van der Waals surface area contributed by atoms with Crippen molar-refractivity contribution in [3.05, 3.63) is 99.8 Å². The Balaban J connectivity index is 1.89. The molecule has 0 heterocycles. The van der Waals surface area contributed by atoms with Crippen LogP contribution in [0.5, 0.6) is 5.75 Å². The second-order valence-electron chi connectivity index (χ2n) is 8.36. The molecule has 2 amide bonds. The van der Waals surface area contributed by atoms with Gasteiger partial charge in [-0.15, -0.1) is 0 Å². The molecule has 0 spiro atoms. The minimum absolute atomic E-state index is 0.126. The summed E-state index contributed by atoms with van der Waals surface area (Å²) in [5.41, 5.74) is 1.64. The van der Waals surface area contributed by atoms with Crippen molar-refractivity contribution < 1.29 is 18.7 Å². The molecular formula is C28H29Cl2FN2O3. The molecule has 0 saturated carbocycles. The second-order valence-corrected chi connectivity index (χ2v) is 9.18. The van der Waals surface area contributed by atoms with Crippen LogP contribution in [-0.4, -0.2) is 35.9 Å². The first-order valence-corrected chi connectivity index (χ1v) is 12.6. The minimum Gasteiger partial charge on any atom is -0.484 e. The molecule has 3 aromatic carbocycles. The lowest BCUT2D eigenvalue weighted by molar-refractivity contribution is -0.142. The maximum Gasteiger partial charge on any atom is 0.261 e. The fourth-order valence-electron chi connectivity index (χ4n) is 3.65. The van der Waals surface area contributed by atoms with Gasteiger partial charge in [0.05, 0.1) is 10.0 Å². The number of benzene rings is 3. The summed E-state index contributed by atoms with van der Waals surface area (Å²) >= 11 is 12.3. The Kier molecular flexibility index (Phi) is 10.6. The SMILES string of the molecule is CCCCNC(=O)[C@H](Cc1ccccc1)N(Cc1ccc(Cl)c(Cl)c1)C(=O)COc1ccc(F)cc1. The average molecular weight is 531 g/mol. The number of nitrogens with zero attached hydrogens (tertiary/aromatic N) is 1. The molecule has 1 N–H and O–H groups in total. The maximum absolute atomic E-state index is 13.5. The van der Waals surface area contributed by atoms with E-state index in [9.17, 15) is 14.0 Å². The molecule has 190 valence electrons. The second kappa shape index (κ2) is 13.9. The Bertz CT molecular complexity index is 1140. The van der Waals surface area contributed by atoms with Crippen LogP contribution in [0.15, 0.2) is 72.8 Å². The molecule has 3 aromatic rings. The van der Waals surface area contributed by atoms with E-state index in [1.54, 1.807) is 18.2 Å². The lowest BCUT2D eigenvalue weighted by Gasteiger charge is -2.31. The summed E-state index contributed by atoms with van der Waals surface area (Å²) < 4.78 is 18.9. The first kappa shape index (κ1) is 27.5. The van der Waals surface area contributed by atoms with Crippen LogP contribution >= 0.6 is 23.2 Å². The highest BCUT2D eigenvalue weighted by molar-refractivity contribution is 6.42. The van der Waals surface area contributed by atoms with E-state index in [2.05, 4.69) is 5.32 Å². The zero-order valence-corrected chi connectivity index (χ0v) is 21.6. The van der Waals surface area contributed by atoms with Crippen LogP contribution in [0.1, 0.15) is 30.9 Å². The van der Waals surface area contributed by atoms with Crippen molar-refractivity contribution in [2.45, 2.75) is 38.8 Å². The summed E-state index contributed by atoms with van der Waals surface area (Å²) in [5.74, 6) is -0.688. The quantitative estimate of drug-likeness (QED) is 0.289. The number of halogens is 3. The van der Waals surface area contributed by atoms with Gasteiger partial charge in [-0.3, -0.25) is 9.59 Å². The molecule has 0 bridgehead atoms. The standard InChI is InChI=1S/C28H29Cl2FN2O3/c1-2-3-15-32-28(35)26(17-20-7-5-4-6-8-20)33(18-21-9-14-24(29)25(30)16-21)27(34)19-36-23-12-10-22(31)11-13-23/h4-14,16,26H,2-3,15,17-19H2,1H3,(H,32,35)/t26-/m0/s1. The Hall–Kier alpha value is -3.09. The monoisotopic (exact) mass is 530 g/mol. The first-order valence-electron chi connectivity index (χ1n) is 11.8. The van der Waals surface area contributed by atoms with Crippen molar-refractivity contribution in [2.75, 3.05) is 13.2 Å². The highest BCUT2D eigenvalue weighted by atomic mass is 35.5. The molecule has 0 aliphatic heterocycles. The van der Waals surface area contributed by atoms with Crippen molar-refractivity contribution in [3.63, 3.8) is 0 Å². The molecular weight excluding hydrogens is 502 g/mol. The Morgan fingerprint density at radius 1 is 0.972 bits per heavy atom. The molecule has 8 heteroatoms. The third-order valence-electron chi connectivity index (χ3n) is 5.61. The third-order valence-corrected chi connectivity index (χ3v) is 6.35. The summed E-state index contributed by atoms with van der Waals surface area (Å²) in [6.07, 6.45) is 2.09. The smallest absolute Gasteiger partial charge is 0.261 e. The largest absolute Gasteiger partial charge is 0.484 e. The number of hydrogen-bond acceptors (Lipinski definition) is 3. The van der Waals surface area contributed by atoms with Crippen molar-refractivity contribution >= 4 is 35.0 Å². The van der Waals surface area contributed by atoms with Crippen LogP contribution in [0.25, 0.3) is 0 Å². The van der Waals surface area contributed by atoms with E-state index < -0.39 is 17.8 Å². The van der Waals surface area contributed by atoms with E-state index >= 15 is 0 Å². The molecule has 0 radical (unpaired) electrons. The van der Waals surface area contributed by atoms with Crippen LogP contribution in [0.3, 0.4) is 0 Å². The van der Waals surface area contributed by atoms with E-state index in [0.717, 1.165) is 24.0 Å². The van der Waals surface area contributed by atoms with Gasteiger partial charge in [0.2, 0.25) is 5.91 Å². The van der Waals surface area contributed by atoms with Gasteiger partial charge in [-0.1, -0.05) is 72.9 Å². The highest BCUT2D eigenvalue weighted by Gasteiger charge is 2.30. The van der Waals surface area contributed by atoms with Gasteiger partial charge in [0.25, 0.3) is 5.91 Å². The molecule has 0 aliphatic rings. The fraction of sp³-hybridized carbons (Fsp3) is 0.286. The molecule has 0 aliphatic carbocycles. The van der Waals surface area contributed by atoms with Crippen LogP contribution in [0, 0.1) is 5.82 Å². The number of nitrogens with one attached hydrogen (secondary N) is 1. The van der Waals surface area contributed by atoms with Crippen LogP contribution in [-0.2, 0) is 22.6 Å². The van der Waals surface area contributed by atoms with Crippen molar-refractivity contribution in [2.24, 2.45) is 0 Å². The van der Waals surface area contributed by atoms with Gasteiger partial charge < -0.3 is 15.0 Å². The lowest BCUT2D eigenvalue weighted by Crippen LogP contribution is -2.51. The summed E-state index contributed by atoms with van der Waals surface area (Å²) in [7, 11) is 0. The summed E-state index contributed by atoms with van der Waals surface area (Å²) in [6.45, 7) is 2.36. The Morgan fingerprint density at radius 2 is 1.69 bits per heavy atom. The van der Waals surface area contributed by atoms with Gasteiger partial charge in [-0.2, -0.15) is 0 Å². The van der Waals surface area contributed by atoms with E-state index in [1.807, 2.05) is 37.3 Å². The maximum atomic E-state index is 13.5. The average Bonchev–Trinajstić information content (AvgIpc) is 2.88. The zero-order valence-electron chi connectivity index (χ0n) is 20.1. The molecule has 1 atom stereocenters. The van der Waals surface area contributed by atoms with Gasteiger partial charge in [0.15, 0.2) is 6.61 Å². The number of ether oxygens (including phenoxy) is 1. The molecule has 5 nitrogen and oxygen atoms in total. The van der Waals surface area contributed by atoms with E-state index in [4.69, 9.17) is 27.9 Å². The van der Waals surface area contributed by atoms with Gasteiger partial charge in [-0.25, -0.2) is 4.39 Å². The summed E-state index contributed by atoms with van der Waals surface area (Å²) in [6, 6.07) is 19.3. The molecule has 0 saturated heterocycles. The van der Waals surface area contributed by atoms with Crippen molar-refractivity contribution in [3.8, 4) is 5.75 Å².